The maximum Gasteiger partial charge on any atom is 0.338 e. The summed E-state index contributed by atoms with van der Waals surface area (Å²) in [5, 5.41) is 3.20. The topological polar surface area (TPSA) is 102 Å². The molecular formula is C26H26Cl2N2O5S. The van der Waals surface area contributed by atoms with Crippen LogP contribution in [-0.2, 0) is 26.0 Å². The molecule has 3 aromatic carbocycles. The maximum absolute atomic E-state index is 12.9. The van der Waals surface area contributed by atoms with Crippen LogP contribution in [0.15, 0.2) is 71.6 Å². The summed E-state index contributed by atoms with van der Waals surface area (Å²) in [6.45, 7) is 3.50. The fraction of sp³-hybridized carbons (Fsp3) is 0.231. The smallest absolute Gasteiger partial charge is 0.338 e. The molecule has 0 aliphatic carbocycles. The van der Waals surface area contributed by atoms with Gasteiger partial charge in [0.15, 0.2) is 6.10 Å². The number of halogens is 2. The van der Waals surface area contributed by atoms with Gasteiger partial charge in [-0.25, -0.2) is 13.2 Å². The summed E-state index contributed by atoms with van der Waals surface area (Å²) in [6, 6.07) is 17.1. The second kappa shape index (κ2) is 12.3. The van der Waals surface area contributed by atoms with E-state index in [-0.39, 0.29) is 15.5 Å². The van der Waals surface area contributed by atoms with Crippen LogP contribution in [0.25, 0.3) is 0 Å². The van der Waals surface area contributed by atoms with Gasteiger partial charge in [-0.1, -0.05) is 54.7 Å². The van der Waals surface area contributed by atoms with Gasteiger partial charge >= 0.3 is 5.97 Å². The summed E-state index contributed by atoms with van der Waals surface area (Å²) in [5.41, 5.74) is 1.83. The first-order chi connectivity index (χ1) is 17.1. The number of sulfonamides is 1. The van der Waals surface area contributed by atoms with Crippen molar-refractivity contribution >= 4 is 56.5 Å². The highest BCUT2D eigenvalue weighted by molar-refractivity contribution is 7.92. The van der Waals surface area contributed by atoms with Crippen molar-refractivity contribution in [1.29, 1.82) is 0 Å². The van der Waals surface area contributed by atoms with Gasteiger partial charge in [-0.2, -0.15) is 0 Å². The molecule has 0 bridgehead atoms. The van der Waals surface area contributed by atoms with Crippen LogP contribution in [0.5, 0.6) is 0 Å². The minimum atomic E-state index is -3.96. The standard InChI is InChI=1S/C26H26Cl2N2O5S/c1-3-4-6-18-9-12-21(13-10-18)30-36(33,34)22-8-5-7-19(15-22)26(32)35-17(2)25(31)29-24-14-11-20(27)16-23(24)28/h5,7-17,30H,3-4,6H2,1-2H3,(H,29,31). The summed E-state index contributed by atoms with van der Waals surface area (Å²) in [4.78, 5) is 25.0. The number of carbonyl (C=O) groups is 2. The molecule has 3 rings (SSSR count). The van der Waals surface area contributed by atoms with Crippen molar-refractivity contribution in [3.05, 3.63) is 87.9 Å². The fourth-order valence-corrected chi connectivity index (χ4v) is 4.79. The zero-order valence-corrected chi connectivity index (χ0v) is 22.1. The molecule has 0 saturated heterocycles. The zero-order valence-electron chi connectivity index (χ0n) is 19.8. The van der Waals surface area contributed by atoms with E-state index < -0.39 is 28.0 Å². The highest BCUT2D eigenvalue weighted by atomic mass is 35.5. The van der Waals surface area contributed by atoms with E-state index in [9.17, 15) is 18.0 Å². The van der Waals surface area contributed by atoms with Crippen LogP contribution in [-0.4, -0.2) is 26.4 Å². The predicted octanol–water partition coefficient (Wildman–Crippen LogP) is 6.32. The van der Waals surface area contributed by atoms with Crippen molar-refractivity contribution in [3.63, 3.8) is 0 Å². The number of aryl methyl sites for hydroxylation is 1. The summed E-state index contributed by atoms with van der Waals surface area (Å²) >= 11 is 11.9. The molecule has 3 aromatic rings. The monoisotopic (exact) mass is 548 g/mol. The first-order valence-corrected chi connectivity index (χ1v) is 13.5. The number of hydrogen-bond donors (Lipinski definition) is 2. The number of esters is 1. The van der Waals surface area contributed by atoms with Crippen molar-refractivity contribution < 1.29 is 22.7 Å². The molecule has 36 heavy (non-hydrogen) atoms. The van der Waals surface area contributed by atoms with Crippen LogP contribution in [0, 0.1) is 0 Å². The van der Waals surface area contributed by atoms with Gasteiger partial charge in [0.1, 0.15) is 0 Å². The van der Waals surface area contributed by atoms with E-state index in [2.05, 4.69) is 17.0 Å². The van der Waals surface area contributed by atoms with Gasteiger partial charge in [-0.15, -0.1) is 0 Å². The van der Waals surface area contributed by atoms with Gasteiger partial charge in [0, 0.05) is 10.7 Å². The van der Waals surface area contributed by atoms with E-state index in [1.807, 2.05) is 12.1 Å². The molecule has 0 saturated carbocycles. The lowest BCUT2D eigenvalue weighted by Crippen LogP contribution is -2.30. The summed E-state index contributed by atoms with van der Waals surface area (Å²) in [5.74, 6) is -1.46. The van der Waals surface area contributed by atoms with Crippen LogP contribution in [0.3, 0.4) is 0 Å². The van der Waals surface area contributed by atoms with E-state index in [1.54, 1.807) is 18.2 Å². The van der Waals surface area contributed by atoms with Crippen molar-refractivity contribution in [2.45, 2.75) is 44.1 Å². The van der Waals surface area contributed by atoms with Crippen molar-refractivity contribution in [2.24, 2.45) is 0 Å². The molecule has 1 atom stereocenters. The van der Waals surface area contributed by atoms with Gasteiger partial charge in [0.25, 0.3) is 15.9 Å². The number of rotatable bonds is 10. The Bertz CT molecular complexity index is 1340. The Balaban J connectivity index is 1.66. The van der Waals surface area contributed by atoms with Gasteiger partial charge in [-0.05, 0) is 73.9 Å². The SMILES string of the molecule is CCCCc1ccc(NS(=O)(=O)c2cccc(C(=O)OC(C)C(=O)Nc3ccc(Cl)cc3Cl)c2)cc1. The van der Waals surface area contributed by atoms with Crippen molar-refractivity contribution in [1.82, 2.24) is 0 Å². The van der Waals surface area contributed by atoms with Crippen LogP contribution in [0.4, 0.5) is 11.4 Å². The lowest BCUT2D eigenvalue weighted by Gasteiger charge is -2.15. The first-order valence-electron chi connectivity index (χ1n) is 11.3. The van der Waals surface area contributed by atoms with E-state index in [4.69, 9.17) is 27.9 Å². The van der Waals surface area contributed by atoms with E-state index in [0.717, 1.165) is 24.8 Å². The van der Waals surface area contributed by atoms with Crippen LogP contribution in [0.2, 0.25) is 10.0 Å². The van der Waals surface area contributed by atoms with E-state index >= 15 is 0 Å². The molecule has 0 aliphatic heterocycles. The predicted molar refractivity (Wildman–Crippen MR) is 142 cm³/mol. The second-order valence-corrected chi connectivity index (χ2v) is 10.6. The molecule has 1 unspecified atom stereocenters. The highest BCUT2D eigenvalue weighted by Crippen LogP contribution is 2.26. The third kappa shape index (κ3) is 7.46. The zero-order chi connectivity index (χ0) is 26.3. The first kappa shape index (κ1) is 27.5. The Hall–Kier alpha value is -3.07. The quantitative estimate of drug-likeness (QED) is 0.288. The molecule has 0 fully saturated rings. The van der Waals surface area contributed by atoms with Crippen LogP contribution >= 0.6 is 23.2 Å². The molecule has 0 radical (unpaired) electrons. The van der Waals surface area contributed by atoms with Crippen LogP contribution in [0.1, 0.15) is 42.6 Å². The van der Waals surface area contributed by atoms with Gasteiger partial charge < -0.3 is 10.1 Å². The number of unbranched alkanes of at least 4 members (excludes halogenated alkanes) is 1. The molecule has 0 heterocycles. The largest absolute Gasteiger partial charge is 0.449 e. The van der Waals surface area contributed by atoms with Gasteiger partial charge in [-0.3, -0.25) is 9.52 Å². The Morgan fingerprint density at radius 3 is 2.39 bits per heavy atom. The molecule has 0 spiro atoms. The summed E-state index contributed by atoms with van der Waals surface area (Å²) in [7, 11) is -3.96. The Morgan fingerprint density at radius 2 is 1.72 bits per heavy atom. The third-order valence-electron chi connectivity index (χ3n) is 5.25. The molecule has 190 valence electrons. The van der Waals surface area contributed by atoms with Crippen LogP contribution < -0.4 is 10.0 Å². The average Bonchev–Trinajstić information content (AvgIpc) is 2.85. The fourth-order valence-electron chi connectivity index (χ4n) is 3.23. The normalized spacial score (nSPS) is 12.0. The molecular weight excluding hydrogens is 523 g/mol. The Labute approximate surface area is 220 Å². The number of benzene rings is 3. The maximum atomic E-state index is 12.9. The Kier molecular flexibility index (Phi) is 9.37. The average molecular weight is 549 g/mol. The highest BCUT2D eigenvalue weighted by Gasteiger charge is 2.22. The molecule has 0 aromatic heterocycles. The second-order valence-electron chi connectivity index (χ2n) is 8.09. The van der Waals surface area contributed by atoms with Gasteiger partial charge in [0.05, 0.1) is 21.2 Å². The minimum absolute atomic E-state index is 0.0167. The molecule has 0 aliphatic rings. The van der Waals surface area contributed by atoms with E-state index in [1.165, 1.54) is 43.3 Å². The molecule has 1 amide bonds. The van der Waals surface area contributed by atoms with Crippen molar-refractivity contribution in [3.8, 4) is 0 Å². The third-order valence-corrected chi connectivity index (χ3v) is 7.17. The number of hydrogen-bond acceptors (Lipinski definition) is 5. The number of amides is 1. The Morgan fingerprint density at radius 1 is 1.00 bits per heavy atom. The summed E-state index contributed by atoms with van der Waals surface area (Å²) < 4.78 is 33.5. The minimum Gasteiger partial charge on any atom is -0.449 e. The van der Waals surface area contributed by atoms with E-state index in [0.29, 0.717) is 16.4 Å². The summed E-state index contributed by atoms with van der Waals surface area (Å²) in [6.07, 6.45) is 1.89. The molecule has 10 heteroatoms. The number of nitrogens with one attached hydrogen (secondary N) is 2. The number of ether oxygens (including phenoxy) is 1. The number of carbonyl (C=O) groups excluding carboxylic acids is 2. The van der Waals surface area contributed by atoms with Crippen molar-refractivity contribution in [2.75, 3.05) is 10.0 Å². The molecule has 7 nitrogen and oxygen atoms in total. The number of anilines is 2. The lowest BCUT2D eigenvalue weighted by atomic mass is 10.1. The lowest BCUT2D eigenvalue weighted by molar-refractivity contribution is -0.123. The molecule has 2 N–H and O–H groups in total. The van der Waals surface area contributed by atoms with Gasteiger partial charge in [0.2, 0.25) is 0 Å².